The van der Waals surface area contributed by atoms with E-state index in [-0.39, 0.29) is 50.4 Å². The predicted molar refractivity (Wildman–Crippen MR) is 302 cm³/mol. The normalized spacial score (nSPS) is 13.2. The Balaban J connectivity index is 4.57. The first kappa shape index (κ1) is 65.3. The van der Waals surface area contributed by atoms with Crippen molar-refractivity contribution in [3.8, 4) is 0 Å². The molecule has 0 rings (SSSR count). The van der Waals surface area contributed by atoms with Crippen molar-refractivity contribution in [2.45, 2.75) is 226 Å². The number of hydrogen-bond acceptors (Lipinski definition) is 6. The minimum absolute atomic E-state index is 0.125. The van der Waals surface area contributed by atoms with Gasteiger partial charge in [-0.05, 0) is 141 Å². The fraction of sp³-hybridized carbons (Fsp3) is 0.578. The average molecular weight is 965 g/mol. The molecule has 0 aromatic rings. The van der Waals surface area contributed by atoms with E-state index >= 15 is 0 Å². The van der Waals surface area contributed by atoms with Crippen LogP contribution in [0.2, 0.25) is 0 Å². The van der Waals surface area contributed by atoms with Gasteiger partial charge in [-0.1, -0.05) is 205 Å². The molecule has 0 aliphatic carbocycles. The molecule has 0 N–H and O–H groups in total. The van der Waals surface area contributed by atoms with Crippen LogP contribution in [0.25, 0.3) is 0 Å². The van der Waals surface area contributed by atoms with Crippen LogP contribution >= 0.6 is 0 Å². The molecule has 0 spiro atoms. The Bertz CT molecular complexity index is 1580. The monoisotopic (exact) mass is 965 g/mol. The molecule has 0 aromatic carbocycles. The molecule has 0 heterocycles. The molecule has 6 heteroatoms. The van der Waals surface area contributed by atoms with Gasteiger partial charge in [0.25, 0.3) is 0 Å². The molecular formula is C64H100O6. The molecule has 0 amide bonds. The number of ether oxygens (including phenoxy) is 3. The summed E-state index contributed by atoms with van der Waals surface area (Å²) in [6.45, 7) is 6.29. The van der Waals surface area contributed by atoms with E-state index in [0.717, 1.165) is 135 Å². The third-order valence-electron chi connectivity index (χ3n) is 11.1. The molecule has 0 fully saturated rings. The molecule has 0 radical (unpaired) electrons. The Morgan fingerprint density at radius 3 is 0.900 bits per heavy atom. The Morgan fingerprint density at radius 1 is 0.300 bits per heavy atom. The lowest BCUT2D eigenvalue weighted by Crippen LogP contribution is -2.30. The van der Waals surface area contributed by atoms with E-state index in [0.29, 0.717) is 12.8 Å². The third kappa shape index (κ3) is 54.2. The summed E-state index contributed by atoms with van der Waals surface area (Å²) in [4.78, 5) is 38.1. The van der Waals surface area contributed by atoms with Gasteiger partial charge in [-0.3, -0.25) is 14.4 Å². The van der Waals surface area contributed by atoms with Crippen molar-refractivity contribution in [1.29, 1.82) is 0 Å². The number of allylic oxidation sites excluding steroid dienone is 24. The van der Waals surface area contributed by atoms with Crippen LogP contribution in [0.3, 0.4) is 0 Å². The largest absolute Gasteiger partial charge is 0.462 e. The van der Waals surface area contributed by atoms with E-state index in [1.54, 1.807) is 0 Å². The van der Waals surface area contributed by atoms with Crippen molar-refractivity contribution in [2.24, 2.45) is 0 Å². The summed E-state index contributed by atoms with van der Waals surface area (Å²) in [5.74, 6) is -1.03. The SMILES string of the molecule is CC/C=C\C/C=C\C/C=C\C/C=C\C/C=C\C/C=C\CCCCC(=O)OCC(COC(=O)CCCC/C=C\C/C=C\C/C=C\C/C=C\CC)OC(=O)CCCCCCC/C=C\C/C=C\CCCCCC. The highest BCUT2D eigenvalue weighted by molar-refractivity contribution is 5.71. The maximum Gasteiger partial charge on any atom is 0.306 e. The number of carbonyl (C=O) groups is 3. The van der Waals surface area contributed by atoms with Gasteiger partial charge >= 0.3 is 17.9 Å². The van der Waals surface area contributed by atoms with Crippen LogP contribution in [-0.2, 0) is 28.6 Å². The van der Waals surface area contributed by atoms with Crippen LogP contribution in [0.5, 0.6) is 0 Å². The lowest BCUT2D eigenvalue weighted by atomic mass is 10.1. The fourth-order valence-electron chi connectivity index (χ4n) is 6.93. The fourth-order valence-corrected chi connectivity index (χ4v) is 6.93. The van der Waals surface area contributed by atoms with E-state index < -0.39 is 6.10 Å². The topological polar surface area (TPSA) is 78.9 Å². The van der Waals surface area contributed by atoms with Gasteiger partial charge in [0.15, 0.2) is 6.10 Å². The second kappa shape index (κ2) is 56.9. The van der Waals surface area contributed by atoms with Gasteiger partial charge in [0.05, 0.1) is 0 Å². The van der Waals surface area contributed by atoms with Crippen LogP contribution in [0.4, 0.5) is 0 Å². The predicted octanol–water partition coefficient (Wildman–Crippen LogP) is 18.8. The van der Waals surface area contributed by atoms with Crippen LogP contribution in [0.1, 0.15) is 220 Å². The second-order valence-corrected chi connectivity index (χ2v) is 17.7. The number of rotatable bonds is 48. The van der Waals surface area contributed by atoms with Gasteiger partial charge in [-0.2, -0.15) is 0 Å². The number of unbranched alkanes of at least 4 members (excludes halogenated alkanes) is 13. The highest BCUT2D eigenvalue weighted by Gasteiger charge is 2.19. The molecule has 0 bridgehead atoms. The number of hydrogen-bond donors (Lipinski definition) is 0. The Kier molecular flexibility index (Phi) is 53.0. The molecule has 0 aromatic heterocycles. The quantitative estimate of drug-likeness (QED) is 0.0262. The van der Waals surface area contributed by atoms with E-state index in [2.05, 4.69) is 167 Å². The maximum atomic E-state index is 12.8. The van der Waals surface area contributed by atoms with E-state index in [4.69, 9.17) is 14.2 Å². The van der Waals surface area contributed by atoms with E-state index in [9.17, 15) is 14.4 Å². The van der Waals surface area contributed by atoms with Gasteiger partial charge in [-0.25, -0.2) is 0 Å². The van der Waals surface area contributed by atoms with Crippen molar-refractivity contribution in [3.05, 3.63) is 146 Å². The van der Waals surface area contributed by atoms with Crippen LogP contribution in [0.15, 0.2) is 146 Å². The van der Waals surface area contributed by atoms with E-state index in [1.807, 2.05) is 0 Å². The molecule has 70 heavy (non-hydrogen) atoms. The summed E-state index contributed by atoms with van der Waals surface area (Å²) in [6.07, 6.45) is 81.2. The summed E-state index contributed by atoms with van der Waals surface area (Å²) in [5, 5.41) is 0. The first-order valence-corrected chi connectivity index (χ1v) is 27.8. The Morgan fingerprint density at radius 2 is 0.557 bits per heavy atom. The zero-order valence-corrected chi connectivity index (χ0v) is 44.7. The zero-order chi connectivity index (χ0) is 50.7. The highest BCUT2D eigenvalue weighted by Crippen LogP contribution is 2.12. The Labute approximate surface area is 429 Å². The lowest BCUT2D eigenvalue weighted by Gasteiger charge is -2.18. The summed E-state index contributed by atoms with van der Waals surface area (Å²) in [5.41, 5.74) is 0. The lowest BCUT2D eigenvalue weighted by molar-refractivity contribution is -0.167. The van der Waals surface area contributed by atoms with Crippen LogP contribution in [-0.4, -0.2) is 37.2 Å². The standard InChI is InChI=1S/C64H100O6/c1-4-7-10-13-16-19-22-25-28-30-31-32-33-34-37-39-42-45-48-51-54-57-63(66)69-60-61(59-68-62(65)56-53-50-47-44-41-38-35-27-24-21-18-15-12-9-6-3)70-64(67)58-55-52-49-46-43-40-36-29-26-23-20-17-14-11-8-5-2/h7,9-10,12,16,18-21,23,25,27-29,31-32,34-37,41-42,44-45,61H,4-6,8,11,13-15,17,22,24,26,30,33,38-40,43,46-60H2,1-3H3/b10-7-,12-9-,19-16-,21-18-,23-20-,28-25-,32-31-,35-27-,36-29-,37-34-,44-41-,45-42-. The zero-order valence-electron chi connectivity index (χ0n) is 44.7. The van der Waals surface area contributed by atoms with E-state index in [1.165, 1.54) is 32.1 Å². The molecule has 0 saturated carbocycles. The summed E-state index contributed by atoms with van der Waals surface area (Å²) in [7, 11) is 0. The second-order valence-electron chi connectivity index (χ2n) is 17.7. The number of carbonyl (C=O) groups excluding carboxylic acids is 3. The van der Waals surface area contributed by atoms with Crippen molar-refractivity contribution in [1.82, 2.24) is 0 Å². The molecular weight excluding hydrogens is 865 g/mol. The summed E-state index contributed by atoms with van der Waals surface area (Å²) >= 11 is 0. The van der Waals surface area contributed by atoms with Gasteiger partial charge in [-0.15, -0.1) is 0 Å². The molecule has 1 unspecified atom stereocenters. The van der Waals surface area contributed by atoms with Crippen molar-refractivity contribution in [2.75, 3.05) is 13.2 Å². The van der Waals surface area contributed by atoms with Gasteiger partial charge in [0, 0.05) is 19.3 Å². The van der Waals surface area contributed by atoms with Crippen LogP contribution in [0, 0.1) is 0 Å². The van der Waals surface area contributed by atoms with Crippen molar-refractivity contribution in [3.63, 3.8) is 0 Å². The smallest absolute Gasteiger partial charge is 0.306 e. The van der Waals surface area contributed by atoms with Crippen molar-refractivity contribution >= 4 is 17.9 Å². The molecule has 0 aliphatic rings. The minimum Gasteiger partial charge on any atom is -0.462 e. The van der Waals surface area contributed by atoms with Crippen molar-refractivity contribution < 1.29 is 28.6 Å². The molecule has 6 nitrogen and oxygen atoms in total. The molecule has 1 atom stereocenters. The van der Waals surface area contributed by atoms with Gasteiger partial charge < -0.3 is 14.2 Å². The minimum atomic E-state index is -0.827. The van der Waals surface area contributed by atoms with Crippen LogP contribution < -0.4 is 0 Å². The summed E-state index contributed by atoms with van der Waals surface area (Å²) < 4.78 is 16.8. The molecule has 392 valence electrons. The van der Waals surface area contributed by atoms with Gasteiger partial charge in [0.1, 0.15) is 13.2 Å². The number of esters is 3. The average Bonchev–Trinajstić information content (AvgIpc) is 3.36. The third-order valence-corrected chi connectivity index (χ3v) is 11.1. The first-order chi connectivity index (χ1) is 34.5. The molecule has 0 aliphatic heterocycles. The maximum absolute atomic E-state index is 12.8. The Hall–Kier alpha value is -4.71. The molecule has 0 saturated heterocycles. The first-order valence-electron chi connectivity index (χ1n) is 27.8. The highest BCUT2D eigenvalue weighted by atomic mass is 16.6. The van der Waals surface area contributed by atoms with Gasteiger partial charge in [0.2, 0.25) is 0 Å². The summed E-state index contributed by atoms with van der Waals surface area (Å²) in [6, 6.07) is 0.